The second-order valence-corrected chi connectivity index (χ2v) is 5.73. The molecular formula is C18H18N2O3. The summed E-state index contributed by atoms with van der Waals surface area (Å²) in [6, 6.07) is 9.19. The number of rotatable bonds is 3. The Morgan fingerprint density at radius 2 is 1.83 bits per heavy atom. The summed E-state index contributed by atoms with van der Waals surface area (Å²) in [6.07, 6.45) is 1.65. The molecule has 5 heteroatoms. The standard InChI is InChI=1S/C18H18N2O3/c1-11-4-6-14(7-5-11)10-20-17(21)16(19-18(20)22)9-15-8-12(2)23-13(15)3/h4-9H,10H2,1-3H3,(H,19,22)/b16-9-. The molecular weight excluding hydrogens is 292 g/mol. The number of carbonyl (C=O) groups excluding carboxylic acids is 2. The number of urea groups is 1. The molecule has 0 spiro atoms. The molecule has 5 nitrogen and oxygen atoms in total. The number of furan rings is 1. The van der Waals surface area contributed by atoms with Gasteiger partial charge in [0.15, 0.2) is 0 Å². The second kappa shape index (κ2) is 5.76. The molecule has 0 saturated carbocycles. The van der Waals surface area contributed by atoms with Gasteiger partial charge in [-0.2, -0.15) is 0 Å². The number of hydrogen-bond acceptors (Lipinski definition) is 3. The van der Waals surface area contributed by atoms with Crippen LogP contribution in [0.1, 0.15) is 28.2 Å². The molecule has 0 radical (unpaired) electrons. The highest BCUT2D eigenvalue weighted by molar-refractivity contribution is 6.13. The van der Waals surface area contributed by atoms with Gasteiger partial charge in [-0.3, -0.25) is 9.69 Å². The van der Waals surface area contributed by atoms with Gasteiger partial charge >= 0.3 is 6.03 Å². The molecule has 2 heterocycles. The minimum Gasteiger partial charge on any atom is -0.466 e. The minimum absolute atomic E-state index is 0.256. The van der Waals surface area contributed by atoms with Gasteiger partial charge in [0.1, 0.15) is 17.2 Å². The third kappa shape index (κ3) is 3.04. The first-order valence-electron chi connectivity index (χ1n) is 7.41. The number of aryl methyl sites for hydroxylation is 3. The lowest BCUT2D eigenvalue weighted by atomic mass is 10.1. The van der Waals surface area contributed by atoms with Crippen molar-refractivity contribution in [3.63, 3.8) is 0 Å². The average Bonchev–Trinajstić information content (AvgIpc) is 2.95. The summed E-state index contributed by atoms with van der Waals surface area (Å²) in [4.78, 5) is 25.7. The predicted octanol–water partition coefficient (Wildman–Crippen LogP) is 3.30. The van der Waals surface area contributed by atoms with Gasteiger partial charge in [0, 0.05) is 5.56 Å². The van der Waals surface area contributed by atoms with Crippen molar-refractivity contribution < 1.29 is 14.0 Å². The molecule has 1 fully saturated rings. The Bertz CT molecular complexity index is 800. The van der Waals surface area contributed by atoms with Crippen LogP contribution in [0.15, 0.2) is 40.4 Å². The van der Waals surface area contributed by atoms with Crippen LogP contribution in [-0.4, -0.2) is 16.8 Å². The lowest BCUT2D eigenvalue weighted by Gasteiger charge is -2.11. The van der Waals surface area contributed by atoms with Crippen molar-refractivity contribution in [2.75, 3.05) is 0 Å². The van der Waals surface area contributed by atoms with Crippen LogP contribution in [0.25, 0.3) is 6.08 Å². The molecule has 1 N–H and O–H groups in total. The summed E-state index contributed by atoms with van der Waals surface area (Å²) in [5, 5.41) is 2.63. The van der Waals surface area contributed by atoms with Gasteiger partial charge < -0.3 is 9.73 Å². The first-order chi connectivity index (χ1) is 10.9. The van der Waals surface area contributed by atoms with Gasteiger partial charge in [-0.25, -0.2) is 4.79 Å². The Morgan fingerprint density at radius 1 is 1.13 bits per heavy atom. The maximum absolute atomic E-state index is 12.5. The Balaban J connectivity index is 1.82. The van der Waals surface area contributed by atoms with Crippen molar-refractivity contribution in [3.8, 4) is 0 Å². The maximum atomic E-state index is 12.5. The highest BCUT2D eigenvalue weighted by Gasteiger charge is 2.33. The quantitative estimate of drug-likeness (QED) is 0.699. The van der Waals surface area contributed by atoms with Gasteiger partial charge in [-0.05, 0) is 38.5 Å². The fraction of sp³-hybridized carbons (Fsp3) is 0.222. The molecule has 3 rings (SSSR count). The number of hydrogen-bond donors (Lipinski definition) is 1. The van der Waals surface area contributed by atoms with Crippen LogP contribution in [0.4, 0.5) is 4.79 Å². The van der Waals surface area contributed by atoms with Crippen molar-refractivity contribution >= 4 is 18.0 Å². The highest BCUT2D eigenvalue weighted by atomic mass is 16.3. The number of carbonyl (C=O) groups is 2. The van der Waals surface area contributed by atoms with E-state index in [0.29, 0.717) is 5.76 Å². The third-order valence-corrected chi connectivity index (χ3v) is 3.80. The van der Waals surface area contributed by atoms with Crippen LogP contribution in [0, 0.1) is 20.8 Å². The number of imide groups is 1. The van der Waals surface area contributed by atoms with Gasteiger partial charge in [0.05, 0.1) is 6.54 Å². The SMILES string of the molecule is Cc1ccc(CN2C(=O)N/C(=C\c3cc(C)oc3C)C2=O)cc1. The van der Waals surface area contributed by atoms with Crippen molar-refractivity contribution in [2.45, 2.75) is 27.3 Å². The largest absolute Gasteiger partial charge is 0.466 e. The van der Waals surface area contributed by atoms with Crippen LogP contribution in [-0.2, 0) is 11.3 Å². The van der Waals surface area contributed by atoms with E-state index in [9.17, 15) is 9.59 Å². The van der Waals surface area contributed by atoms with Crippen LogP contribution >= 0.6 is 0 Å². The Hall–Kier alpha value is -2.82. The molecule has 1 aromatic carbocycles. The molecule has 0 atom stereocenters. The molecule has 3 amide bonds. The summed E-state index contributed by atoms with van der Waals surface area (Å²) in [5.41, 5.74) is 3.11. The minimum atomic E-state index is -0.403. The summed E-state index contributed by atoms with van der Waals surface area (Å²) < 4.78 is 5.44. The zero-order valence-electron chi connectivity index (χ0n) is 13.3. The van der Waals surface area contributed by atoms with E-state index in [1.807, 2.05) is 51.1 Å². The Morgan fingerprint density at radius 3 is 2.43 bits per heavy atom. The zero-order valence-corrected chi connectivity index (χ0v) is 13.3. The molecule has 1 aromatic heterocycles. The first kappa shape index (κ1) is 15.1. The van der Waals surface area contributed by atoms with Gasteiger partial charge in [-0.1, -0.05) is 29.8 Å². The Labute approximate surface area is 134 Å². The maximum Gasteiger partial charge on any atom is 0.329 e. The lowest BCUT2D eigenvalue weighted by molar-refractivity contribution is -0.123. The summed E-state index contributed by atoms with van der Waals surface area (Å²) in [7, 11) is 0. The smallest absolute Gasteiger partial charge is 0.329 e. The number of benzene rings is 1. The predicted molar refractivity (Wildman–Crippen MR) is 86.4 cm³/mol. The van der Waals surface area contributed by atoms with Gasteiger partial charge in [0.2, 0.25) is 0 Å². The van der Waals surface area contributed by atoms with E-state index in [2.05, 4.69) is 5.32 Å². The van der Waals surface area contributed by atoms with E-state index >= 15 is 0 Å². The average molecular weight is 310 g/mol. The third-order valence-electron chi connectivity index (χ3n) is 3.80. The molecule has 1 aliphatic rings. The molecule has 0 bridgehead atoms. The van der Waals surface area contributed by atoms with Crippen LogP contribution in [0.3, 0.4) is 0 Å². The number of amides is 3. The lowest BCUT2D eigenvalue weighted by Crippen LogP contribution is -2.30. The van der Waals surface area contributed by atoms with Crippen molar-refractivity contribution in [3.05, 3.63) is 64.2 Å². The molecule has 23 heavy (non-hydrogen) atoms. The Kier molecular flexibility index (Phi) is 3.78. The topological polar surface area (TPSA) is 62.6 Å². The van der Waals surface area contributed by atoms with E-state index in [0.717, 1.165) is 22.5 Å². The molecule has 1 aliphatic heterocycles. The number of nitrogens with zero attached hydrogens (tertiary/aromatic N) is 1. The fourth-order valence-corrected chi connectivity index (χ4v) is 2.54. The molecule has 0 aliphatic carbocycles. The zero-order chi connectivity index (χ0) is 16.6. The molecule has 0 unspecified atom stereocenters. The summed E-state index contributed by atoms with van der Waals surface area (Å²) in [5.74, 6) is 1.16. The summed E-state index contributed by atoms with van der Waals surface area (Å²) >= 11 is 0. The first-order valence-corrected chi connectivity index (χ1v) is 7.41. The molecule has 118 valence electrons. The molecule has 2 aromatic rings. The normalized spacial score (nSPS) is 16.3. The van der Waals surface area contributed by atoms with Crippen molar-refractivity contribution in [2.24, 2.45) is 0 Å². The van der Waals surface area contributed by atoms with E-state index in [1.54, 1.807) is 6.08 Å². The van der Waals surface area contributed by atoms with E-state index in [-0.39, 0.29) is 18.1 Å². The van der Waals surface area contributed by atoms with Crippen molar-refractivity contribution in [1.29, 1.82) is 0 Å². The monoisotopic (exact) mass is 310 g/mol. The fourth-order valence-electron chi connectivity index (χ4n) is 2.54. The van der Waals surface area contributed by atoms with E-state index in [1.165, 1.54) is 4.90 Å². The van der Waals surface area contributed by atoms with E-state index < -0.39 is 6.03 Å². The van der Waals surface area contributed by atoms with Crippen LogP contribution < -0.4 is 5.32 Å². The van der Waals surface area contributed by atoms with Gasteiger partial charge in [0.25, 0.3) is 5.91 Å². The van der Waals surface area contributed by atoms with Crippen molar-refractivity contribution in [1.82, 2.24) is 10.2 Å². The molecule has 1 saturated heterocycles. The summed E-state index contributed by atoms with van der Waals surface area (Å²) in [6.45, 7) is 5.91. The van der Waals surface area contributed by atoms with Crippen LogP contribution in [0.5, 0.6) is 0 Å². The van der Waals surface area contributed by atoms with Crippen LogP contribution in [0.2, 0.25) is 0 Å². The highest BCUT2D eigenvalue weighted by Crippen LogP contribution is 2.20. The van der Waals surface area contributed by atoms with E-state index in [4.69, 9.17) is 4.42 Å². The number of nitrogens with one attached hydrogen (secondary N) is 1. The second-order valence-electron chi connectivity index (χ2n) is 5.73. The van der Waals surface area contributed by atoms with Gasteiger partial charge in [-0.15, -0.1) is 0 Å².